The molecular weight excluding hydrogens is 198 g/mol. The van der Waals surface area contributed by atoms with Crippen molar-refractivity contribution in [1.82, 2.24) is 0 Å². The predicted molar refractivity (Wildman–Crippen MR) is 58.8 cm³/mol. The number of rotatable bonds is 3. The molecule has 0 fully saturated rings. The largest absolute Gasteiger partial charge is 0.399 e. The van der Waals surface area contributed by atoms with E-state index in [9.17, 15) is 8.42 Å². The lowest BCUT2D eigenvalue weighted by molar-refractivity contribution is 0.596. The first-order valence-corrected chi connectivity index (χ1v) is 6.32. The quantitative estimate of drug-likeness (QED) is 0.774. The fourth-order valence-electron chi connectivity index (χ4n) is 1.18. The van der Waals surface area contributed by atoms with Crippen LogP contribution in [0.4, 0.5) is 5.69 Å². The van der Waals surface area contributed by atoms with Crippen molar-refractivity contribution in [3.63, 3.8) is 0 Å². The molecule has 0 saturated carbocycles. The smallest absolute Gasteiger partial charge is 0.154 e. The molecule has 0 unspecified atom stereocenters. The Hall–Kier alpha value is -1.03. The fraction of sp³-hybridized carbons (Fsp3) is 0.400. The molecule has 4 heteroatoms. The van der Waals surface area contributed by atoms with E-state index >= 15 is 0 Å². The second kappa shape index (κ2) is 4.00. The van der Waals surface area contributed by atoms with Gasteiger partial charge in [0.25, 0.3) is 0 Å². The summed E-state index contributed by atoms with van der Waals surface area (Å²) >= 11 is 0. The Labute approximate surface area is 84.9 Å². The van der Waals surface area contributed by atoms with Crippen LogP contribution in [0.3, 0.4) is 0 Å². The van der Waals surface area contributed by atoms with E-state index in [0.29, 0.717) is 5.69 Å². The van der Waals surface area contributed by atoms with E-state index in [1.54, 1.807) is 19.1 Å². The van der Waals surface area contributed by atoms with E-state index in [2.05, 4.69) is 0 Å². The average Bonchev–Trinajstić information content (AvgIpc) is 2.11. The molecule has 0 atom stereocenters. The van der Waals surface area contributed by atoms with Gasteiger partial charge in [0.2, 0.25) is 0 Å². The van der Waals surface area contributed by atoms with Crippen molar-refractivity contribution >= 4 is 15.5 Å². The van der Waals surface area contributed by atoms with Crippen LogP contribution >= 0.6 is 0 Å². The van der Waals surface area contributed by atoms with Gasteiger partial charge in [0, 0.05) is 11.4 Å². The van der Waals surface area contributed by atoms with Gasteiger partial charge in [-0.3, -0.25) is 0 Å². The lowest BCUT2D eigenvalue weighted by Gasteiger charge is -2.04. The van der Waals surface area contributed by atoms with Crippen molar-refractivity contribution in [2.75, 3.05) is 11.5 Å². The summed E-state index contributed by atoms with van der Waals surface area (Å²) in [6.07, 6.45) is 0. The van der Waals surface area contributed by atoms with Crippen molar-refractivity contribution in [2.45, 2.75) is 19.6 Å². The van der Waals surface area contributed by atoms with Crippen LogP contribution in [-0.2, 0) is 15.6 Å². The third-order valence-electron chi connectivity index (χ3n) is 2.16. The molecular formula is C10H15NO2S. The van der Waals surface area contributed by atoms with Crippen molar-refractivity contribution in [3.8, 4) is 0 Å². The second-order valence-corrected chi connectivity index (χ2v) is 5.72. The van der Waals surface area contributed by atoms with Crippen LogP contribution in [0, 0.1) is 6.92 Å². The van der Waals surface area contributed by atoms with Crippen LogP contribution in [0.1, 0.15) is 18.1 Å². The summed E-state index contributed by atoms with van der Waals surface area (Å²) < 4.78 is 22.7. The maximum Gasteiger partial charge on any atom is 0.154 e. The van der Waals surface area contributed by atoms with E-state index < -0.39 is 9.84 Å². The Kier molecular flexibility index (Phi) is 3.16. The van der Waals surface area contributed by atoms with E-state index in [-0.39, 0.29) is 11.5 Å². The Morgan fingerprint density at radius 2 is 2.00 bits per heavy atom. The van der Waals surface area contributed by atoms with Crippen molar-refractivity contribution in [2.24, 2.45) is 0 Å². The summed E-state index contributed by atoms with van der Waals surface area (Å²) in [7, 11) is -2.94. The molecule has 0 spiro atoms. The van der Waals surface area contributed by atoms with Crippen LogP contribution in [0.5, 0.6) is 0 Å². The highest BCUT2D eigenvalue weighted by Crippen LogP contribution is 2.14. The molecule has 0 bridgehead atoms. The van der Waals surface area contributed by atoms with E-state index in [0.717, 1.165) is 11.1 Å². The Bertz CT molecular complexity index is 424. The molecule has 0 aliphatic rings. The Morgan fingerprint density at radius 1 is 1.36 bits per heavy atom. The maximum atomic E-state index is 11.3. The second-order valence-electron chi connectivity index (χ2n) is 3.37. The van der Waals surface area contributed by atoms with E-state index in [1.165, 1.54) is 0 Å². The summed E-state index contributed by atoms with van der Waals surface area (Å²) in [4.78, 5) is 0. The van der Waals surface area contributed by atoms with Crippen molar-refractivity contribution < 1.29 is 8.42 Å². The first-order chi connectivity index (χ1) is 6.44. The van der Waals surface area contributed by atoms with Crippen molar-refractivity contribution in [3.05, 3.63) is 29.3 Å². The van der Waals surface area contributed by atoms with Gasteiger partial charge < -0.3 is 5.73 Å². The molecule has 0 amide bonds. The number of benzene rings is 1. The molecule has 0 radical (unpaired) electrons. The Morgan fingerprint density at radius 3 is 2.50 bits per heavy atom. The van der Waals surface area contributed by atoms with Crippen LogP contribution in [0.2, 0.25) is 0 Å². The lowest BCUT2D eigenvalue weighted by atomic mass is 10.1. The SMILES string of the molecule is CCS(=O)(=O)Cc1ccc(N)c(C)c1. The van der Waals surface area contributed by atoms with Gasteiger partial charge in [-0.05, 0) is 24.1 Å². The third kappa shape index (κ3) is 2.73. The molecule has 0 aliphatic carbocycles. The summed E-state index contributed by atoms with van der Waals surface area (Å²) in [6.45, 7) is 3.52. The van der Waals surface area contributed by atoms with E-state index in [1.807, 2.05) is 13.0 Å². The number of nitrogen functional groups attached to an aromatic ring is 1. The fourth-order valence-corrected chi connectivity index (χ4v) is 2.08. The number of hydrogen-bond acceptors (Lipinski definition) is 3. The molecule has 0 aromatic heterocycles. The van der Waals surface area contributed by atoms with Crippen LogP contribution < -0.4 is 5.73 Å². The molecule has 78 valence electrons. The zero-order chi connectivity index (χ0) is 10.8. The molecule has 0 heterocycles. The van der Waals surface area contributed by atoms with E-state index in [4.69, 9.17) is 5.73 Å². The van der Waals surface area contributed by atoms with Crippen LogP contribution in [-0.4, -0.2) is 14.2 Å². The molecule has 0 aliphatic heterocycles. The van der Waals surface area contributed by atoms with Gasteiger partial charge in [0.15, 0.2) is 9.84 Å². The zero-order valence-corrected chi connectivity index (χ0v) is 9.26. The molecule has 1 rings (SSSR count). The molecule has 1 aromatic carbocycles. The molecule has 2 N–H and O–H groups in total. The first-order valence-electron chi connectivity index (χ1n) is 4.50. The van der Waals surface area contributed by atoms with Gasteiger partial charge in [0.1, 0.15) is 0 Å². The number of anilines is 1. The monoisotopic (exact) mass is 213 g/mol. The van der Waals surface area contributed by atoms with Gasteiger partial charge in [-0.15, -0.1) is 0 Å². The molecule has 14 heavy (non-hydrogen) atoms. The predicted octanol–water partition coefficient (Wildman–Crippen LogP) is 1.51. The van der Waals surface area contributed by atoms with Gasteiger partial charge in [-0.2, -0.15) is 0 Å². The van der Waals surface area contributed by atoms with Gasteiger partial charge in [0.05, 0.1) is 5.75 Å². The molecule has 0 saturated heterocycles. The highest BCUT2D eigenvalue weighted by molar-refractivity contribution is 7.90. The first kappa shape index (κ1) is 11.0. The van der Waals surface area contributed by atoms with Gasteiger partial charge in [-0.1, -0.05) is 19.1 Å². The van der Waals surface area contributed by atoms with Crippen LogP contribution in [0.15, 0.2) is 18.2 Å². The van der Waals surface area contributed by atoms with Gasteiger partial charge >= 0.3 is 0 Å². The highest BCUT2D eigenvalue weighted by Gasteiger charge is 2.09. The topological polar surface area (TPSA) is 60.2 Å². The molecule has 1 aromatic rings. The number of sulfone groups is 1. The minimum atomic E-state index is -2.94. The lowest BCUT2D eigenvalue weighted by Crippen LogP contribution is -2.06. The maximum absolute atomic E-state index is 11.3. The zero-order valence-electron chi connectivity index (χ0n) is 8.45. The standard InChI is InChI=1S/C10H15NO2S/c1-3-14(12,13)7-9-4-5-10(11)8(2)6-9/h4-6H,3,7,11H2,1-2H3. The minimum absolute atomic E-state index is 0.102. The summed E-state index contributed by atoms with van der Waals surface area (Å²) in [5, 5.41) is 0. The number of hydrogen-bond donors (Lipinski definition) is 1. The highest BCUT2D eigenvalue weighted by atomic mass is 32.2. The normalized spacial score (nSPS) is 11.6. The van der Waals surface area contributed by atoms with Gasteiger partial charge in [-0.25, -0.2) is 8.42 Å². The summed E-state index contributed by atoms with van der Waals surface area (Å²) in [6, 6.07) is 5.33. The molecule has 3 nitrogen and oxygen atoms in total. The number of aryl methyl sites for hydroxylation is 1. The Balaban J connectivity index is 2.94. The number of nitrogens with two attached hydrogens (primary N) is 1. The average molecular weight is 213 g/mol. The summed E-state index contributed by atoms with van der Waals surface area (Å²) in [5.74, 6) is 0.279. The van der Waals surface area contributed by atoms with Crippen molar-refractivity contribution in [1.29, 1.82) is 0 Å². The minimum Gasteiger partial charge on any atom is -0.399 e. The third-order valence-corrected chi connectivity index (χ3v) is 3.81. The van der Waals surface area contributed by atoms with Crippen LogP contribution in [0.25, 0.3) is 0 Å². The summed E-state index contributed by atoms with van der Waals surface area (Å²) in [5.41, 5.74) is 8.06.